The molecule has 1 aliphatic rings. The molecule has 0 fully saturated rings. The number of rotatable bonds is 3. The SMILES string of the molecule is COCC(O)C1CSc2ccccc2O1. The highest BCUT2D eigenvalue weighted by atomic mass is 32.2. The van der Waals surface area contributed by atoms with Gasteiger partial charge in [0.1, 0.15) is 18.0 Å². The Morgan fingerprint density at radius 3 is 3.20 bits per heavy atom. The average molecular weight is 226 g/mol. The Hall–Kier alpha value is -0.710. The number of ether oxygens (including phenoxy) is 2. The van der Waals surface area contributed by atoms with Crippen molar-refractivity contribution >= 4 is 11.8 Å². The maximum Gasteiger partial charge on any atom is 0.136 e. The van der Waals surface area contributed by atoms with Crippen molar-refractivity contribution in [3.63, 3.8) is 0 Å². The maximum atomic E-state index is 9.74. The van der Waals surface area contributed by atoms with Gasteiger partial charge in [-0.15, -0.1) is 11.8 Å². The van der Waals surface area contributed by atoms with Gasteiger partial charge in [0.05, 0.1) is 6.61 Å². The van der Waals surface area contributed by atoms with Crippen LogP contribution < -0.4 is 4.74 Å². The van der Waals surface area contributed by atoms with E-state index in [1.165, 1.54) is 0 Å². The Balaban J connectivity index is 2.05. The Bertz CT molecular complexity index is 329. The summed E-state index contributed by atoms with van der Waals surface area (Å²) in [6.07, 6.45) is -0.735. The van der Waals surface area contributed by atoms with Crippen LogP contribution in [0, 0.1) is 0 Å². The van der Waals surface area contributed by atoms with E-state index in [4.69, 9.17) is 9.47 Å². The molecule has 4 heteroatoms. The molecule has 0 saturated carbocycles. The van der Waals surface area contributed by atoms with Crippen molar-refractivity contribution in [1.82, 2.24) is 0 Å². The van der Waals surface area contributed by atoms with Crippen LogP contribution in [-0.2, 0) is 4.74 Å². The number of methoxy groups -OCH3 is 1. The minimum atomic E-state index is -0.559. The predicted molar refractivity (Wildman–Crippen MR) is 59.5 cm³/mol. The number of benzene rings is 1. The summed E-state index contributed by atoms with van der Waals surface area (Å²) in [5.74, 6) is 1.62. The average Bonchev–Trinajstić information content (AvgIpc) is 2.29. The van der Waals surface area contributed by atoms with Gasteiger partial charge in [0, 0.05) is 17.8 Å². The molecule has 0 bridgehead atoms. The van der Waals surface area contributed by atoms with Crippen LogP contribution in [-0.4, -0.2) is 36.8 Å². The summed E-state index contributed by atoms with van der Waals surface area (Å²) in [4.78, 5) is 1.14. The molecule has 0 aromatic heterocycles. The lowest BCUT2D eigenvalue weighted by Gasteiger charge is -2.28. The summed E-state index contributed by atoms with van der Waals surface area (Å²) in [6.45, 7) is 0.313. The van der Waals surface area contributed by atoms with E-state index in [0.717, 1.165) is 16.4 Å². The van der Waals surface area contributed by atoms with Gasteiger partial charge in [0.15, 0.2) is 0 Å². The molecule has 15 heavy (non-hydrogen) atoms. The molecular weight excluding hydrogens is 212 g/mol. The van der Waals surface area contributed by atoms with Crippen molar-refractivity contribution in [2.75, 3.05) is 19.5 Å². The number of fused-ring (bicyclic) bond motifs is 1. The zero-order valence-corrected chi connectivity index (χ0v) is 9.37. The van der Waals surface area contributed by atoms with Crippen molar-refractivity contribution in [3.8, 4) is 5.75 Å². The molecule has 1 N–H and O–H groups in total. The lowest BCUT2D eigenvalue weighted by atomic mass is 10.2. The second-order valence-electron chi connectivity index (χ2n) is 3.44. The summed E-state index contributed by atoms with van der Waals surface area (Å²) in [7, 11) is 1.58. The lowest BCUT2D eigenvalue weighted by molar-refractivity contribution is -0.00677. The van der Waals surface area contributed by atoms with Gasteiger partial charge in [-0.2, -0.15) is 0 Å². The first-order valence-electron chi connectivity index (χ1n) is 4.86. The zero-order valence-electron chi connectivity index (χ0n) is 8.55. The van der Waals surface area contributed by atoms with Crippen LogP contribution in [0.15, 0.2) is 29.2 Å². The first kappa shape index (κ1) is 10.8. The number of hydrogen-bond donors (Lipinski definition) is 1. The first-order chi connectivity index (χ1) is 7.31. The van der Waals surface area contributed by atoms with Crippen molar-refractivity contribution in [3.05, 3.63) is 24.3 Å². The van der Waals surface area contributed by atoms with Crippen LogP contribution in [0.3, 0.4) is 0 Å². The summed E-state index contributed by atoms with van der Waals surface area (Å²) in [5.41, 5.74) is 0. The number of aliphatic hydroxyl groups is 1. The normalized spacial score (nSPS) is 21.6. The van der Waals surface area contributed by atoms with Crippen LogP contribution in [0.2, 0.25) is 0 Å². The molecule has 2 rings (SSSR count). The molecule has 0 saturated heterocycles. The Morgan fingerprint density at radius 1 is 1.60 bits per heavy atom. The summed E-state index contributed by atoms with van der Waals surface area (Å²) >= 11 is 1.71. The fourth-order valence-electron chi connectivity index (χ4n) is 1.50. The van der Waals surface area contributed by atoms with Crippen molar-refractivity contribution in [1.29, 1.82) is 0 Å². The second kappa shape index (κ2) is 4.88. The molecule has 2 atom stereocenters. The van der Waals surface area contributed by atoms with E-state index < -0.39 is 6.10 Å². The van der Waals surface area contributed by atoms with E-state index in [1.807, 2.05) is 24.3 Å². The van der Waals surface area contributed by atoms with Crippen molar-refractivity contribution in [2.45, 2.75) is 17.1 Å². The van der Waals surface area contributed by atoms with Crippen molar-refractivity contribution < 1.29 is 14.6 Å². The van der Waals surface area contributed by atoms with Gasteiger partial charge < -0.3 is 14.6 Å². The molecule has 1 aromatic rings. The van der Waals surface area contributed by atoms with Gasteiger partial charge >= 0.3 is 0 Å². The summed E-state index contributed by atoms with van der Waals surface area (Å²) in [5, 5.41) is 9.74. The molecule has 0 radical (unpaired) electrons. The van der Waals surface area contributed by atoms with Crippen LogP contribution in [0.5, 0.6) is 5.75 Å². The minimum absolute atomic E-state index is 0.176. The monoisotopic (exact) mass is 226 g/mol. The standard InChI is InChI=1S/C11H14O3S/c1-13-6-8(12)10-7-15-11-5-3-2-4-9(11)14-10/h2-5,8,10,12H,6-7H2,1H3. The minimum Gasteiger partial charge on any atom is -0.486 e. The number of thioether (sulfide) groups is 1. The van der Waals surface area contributed by atoms with Gasteiger partial charge in [0.2, 0.25) is 0 Å². The molecule has 1 aliphatic heterocycles. The smallest absolute Gasteiger partial charge is 0.136 e. The van der Waals surface area contributed by atoms with Gasteiger partial charge in [-0.3, -0.25) is 0 Å². The quantitative estimate of drug-likeness (QED) is 0.848. The van der Waals surface area contributed by atoms with E-state index in [-0.39, 0.29) is 6.10 Å². The fraction of sp³-hybridized carbons (Fsp3) is 0.455. The Labute approximate surface area is 93.4 Å². The molecule has 0 spiro atoms. The molecule has 82 valence electrons. The topological polar surface area (TPSA) is 38.7 Å². The van der Waals surface area contributed by atoms with Gasteiger partial charge in [-0.25, -0.2) is 0 Å². The van der Waals surface area contributed by atoms with Crippen molar-refractivity contribution in [2.24, 2.45) is 0 Å². The molecule has 0 aliphatic carbocycles. The highest BCUT2D eigenvalue weighted by Gasteiger charge is 2.26. The highest BCUT2D eigenvalue weighted by Crippen LogP contribution is 2.35. The molecule has 0 amide bonds. The fourth-order valence-corrected chi connectivity index (χ4v) is 2.57. The summed E-state index contributed by atoms with van der Waals surface area (Å²) in [6, 6.07) is 7.87. The third-order valence-corrected chi connectivity index (χ3v) is 3.44. The Kier molecular flexibility index (Phi) is 3.51. The van der Waals surface area contributed by atoms with E-state index >= 15 is 0 Å². The maximum absolute atomic E-state index is 9.74. The van der Waals surface area contributed by atoms with Gasteiger partial charge in [-0.05, 0) is 12.1 Å². The van der Waals surface area contributed by atoms with E-state index in [2.05, 4.69) is 0 Å². The number of hydrogen-bond acceptors (Lipinski definition) is 4. The van der Waals surface area contributed by atoms with Gasteiger partial charge in [0.25, 0.3) is 0 Å². The van der Waals surface area contributed by atoms with E-state index in [9.17, 15) is 5.11 Å². The van der Waals surface area contributed by atoms with Crippen LogP contribution in [0.25, 0.3) is 0 Å². The third-order valence-electron chi connectivity index (χ3n) is 2.30. The molecule has 2 unspecified atom stereocenters. The third kappa shape index (κ3) is 2.45. The molecule has 1 heterocycles. The molecular formula is C11H14O3S. The predicted octanol–water partition coefficient (Wildman–Crippen LogP) is 1.55. The van der Waals surface area contributed by atoms with Crippen LogP contribution >= 0.6 is 11.8 Å². The number of para-hydroxylation sites is 1. The first-order valence-corrected chi connectivity index (χ1v) is 5.85. The highest BCUT2D eigenvalue weighted by molar-refractivity contribution is 7.99. The van der Waals surface area contributed by atoms with Gasteiger partial charge in [-0.1, -0.05) is 12.1 Å². The lowest BCUT2D eigenvalue weighted by Crippen LogP contribution is -2.38. The largest absolute Gasteiger partial charge is 0.486 e. The van der Waals surface area contributed by atoms with E-state index in [1.54, 1.807) is 18.9 Å². The zero-order chi connectivity index (χ0) is 10.7. The van der Waals surface area contributed by atoms with Crippen LogP contribution in [0.1, 0.15) is 0 Å². The number of aliphatic hydroxyl groups excluding tert-OH is 1. The van der Waals surface area contributed by atoms with Crippen LogP contribution in [0.4, 0.5) is 0 Å². The second-order valence-corrected chi connectivity index (χ2v) is 4.50. The molecule has 3 nitrogen and oxygen atoms in total. The Morgan fingerprint density at radius 2 is 2.40 bits per heavy atom. The summed E-state index contributed by atoms with van der Waals surface area (Å²) < 4.78 is 10.6. The van der Waals surface area contributed by atoms with E-state index in [0.29, 0.717) is 6.61 Å². The molecule has 1 aromatic carbocycles.